The summed E-state index contributed by atoms with van der Waals surface area (Å²) in [4.78, 5) is 27.5. The summed E-state index contributed by atoms with van der Waals surface area (Å²) in [5.41, 5.74) is 14.7. The summed E-state index contributed by atoms with van der Waals surface area (Å²) in [5, 5.41) is 3.94. The van der Waals surface area contributed by atoms with Crippen molar-refractivity contribution < 1.29 is 9.59 Å². The van der Waals surface area contributed by atoms with E-state index >= 15 is 0 Å². The largest absolute Gasteiger partial charge is 0.337 e. The van der Waals surface area contributed by atoms with E-state index in [1.807, 2.05) is 59.5 Å². The average Bonchev–Trinajstić information content (AvgIpc) is 3.18. The van der Waals surface area contributed by atoms with Gasteiger partial charge in [-0.25, -0.2) is 0 Å². The van der Waals surface area contributed by atoms with Crippen molar-refractivity contribution in [2.24, 2.45) is 17.4 Å². The number of para-hydroxylation sites is 1. The molecule has 0 bridgehead atoms. The Balaban J connectivity index is 1.59. The fraction of sp³-hybridized carbons (Fsp3) is 0.385. The summed E-state index contributed by atoms with van der Waals surface area (Å²) in [7, 11) is 0. The Bertz CT molecular complexity index is 1110. The lowest BCUT2D eigenvalue weighted by Crippen LogP contribution is -2.39. The molecule has 1 fully saturated rings. The summed E-state index contributed by atoms with van der Waals surface area (Å²) in [6.45, 7) is 3.11. The molecule has 0 radical (unpaired) electrons. The van der Waals surface area contributed by atoms with E-state index in [0.717, 1.165) is 54.5 Å². The van der Waals surface area contributed by atoms with Crippen molar-refractivity contribution in [3.63, 3.8) is 0 Å². The third kappa shape index (κ3) is 5.43. The number of piperidine rings is 1. The fourth-order valence-electron chi connectivity index (χ4n) is 4.66. The van der Waals surface area contributed by atoms with Gasteiger partial charge in [0.05, 0.1) is 0 Å². The number of nitrogens with one attached hydrogen (secondary N) is 1. The molecule has 5 N–H and O–H groups in total. The molecule has 3 aromatic rings. The smallest absolute Gasteiger partial charge is 0.270 e. The van der Waals surface area contributed by atoms with Crippen LogP contribution < -0.4 is 16.8 Å². The predicted molar refractivity (Wildman–Crippen MR) is 132 cm³/mol. The zero-order chi connectivity index (χ0) is 23.2. The molecule has 7 heteroatoms. The van der Waals surface area contributed by atoms with E-state index < -0.39 is 0 Å². The van der Waals surface area contributed by atoms with Gasteiger partial charge in [0.25, 0.3) is 5.91 Å². The summed E-state index contributed by atoms with van der Waals surface area (Å²) >= 11 is 0. The van der Waals surface area contributed by atoms with Gasteiger partial charge in [0, 0.05) is 49.2 Å². The molecule has 2 aromatic carbocycles. The second-order valence-corrected chi connectivity index (χ2v) is 8.77. The number of carbonyl (C=O) groups excluding carboxylic acids is 2. The van der Waals surface area contributed by atoms with Crippen LogP contribution in [0.25, 0.3) is 10.9 Å². The standard InChI is InChI=1S/C26H33N5O2/c27-12-8-19-10-14-30(15-11-19)26(33)24-17-21-5-1-2-7-23(21)31(24)18-20-4-3-6-22(16-20)29-25(32)9-13-28/h1-7,16-17,19H,8-15,18,27-28H2,(H,29,32). The van der Waals surface area contributed by atoms with Crippen molar-refractivity contribution in [3.05, 3.63) is 65.9 Å². The van der Waals surface area contributed by atoms with Crippen LogP contribution in [-0.4, -0.2) is 47.5 Å². The minimum absolute atomic E-state index is 0.0739. The second-order valence-electron chi connectivity index (χ2n) is 8.77. The predicted octanol–water partition coefficient (Wildman–Crippen LogP) is 3.18. The number of carbonyl (C=O) groups is 2. The lowest BCUT2D eigenvalue weighted by Gasteiger charge is -2.32. The molecule has 174 valence electrons. The summed E-state index contributed by atoms with van der Waals surface area (Å²) in [6, 6.07) is 17.8. The van der Waals surface area contributed by atoms with E-state index in [2.05, 4.69) is 9.88 Å². The van der Waals surface area contributed by atoms with Gasteiger partial charge in [0.15, 0.2) is 0 Å². The molecule has 7 nitrogen and oxygen atoms in total. The first kappa shape index (κ1) is 23.0. The lowest BCUT2D eigenvalue weighted by molar-refractivity contribution is -0.116. The zero-order valence-corrected chi connectivity index (χ0v) is 19.0. The number of hydrogen-bond acceptors (Lipinski definition) is 4. The fourth-order valence-corrected chi connectivity index (χ4v) is 4.66. The van der Waals surface area contributed by atoms with Gasteiger partial charge < -0.3 is 26.3 Å². The molecular weight excluding hydrogens is 414 g/mol. The maximum Gasteiger partial charge on any atom is 0.270 e. The molecule has 1 aliphatic heterocycles. The Hall–Kier alpha value is -3.16. The number of nitrogens with two attached hydrogens (primary N) is 2. The molecule has 1 aliphatic rings. The number of amides is 2. The quantitative estimate of drug-likeness (QED) is 0.493. The Kier molecular flexibility index (Phi) is 7.42. The number of nitrogens with zero attached hydrogens (tertiary/aromatic N) is 2. The van der Waals surface area contributed by atoms with Crippen LogP contribution >= 0.6 is 0 Å². The van der Waals surface area contributed by atoms with Crippen LogP contribution in [0.2, 0.25) is 0 Å². The van der Waals surface area contributed by atoms with Crippen LogP contribution in [0, 0.1) is 5.92 Å². The molecule has 0 spiro atoms. The number of fused-ring (bicyclic) bond motifs is 1. The first-order valence-corrected chi connectivity index (χ1v) is 11.8. The topological polar surface area (TPSA) is 106 Å². The number of aromatic nitrogens is 1. The van der Waals surface area contributed by atoms with E-state index in [4.69, 9.17) is 11.5 Å². The monoisotopic (exact) mass is 447 g/mol. The highest BCUT2D eigenvalue weighted by Gasteiger charge is 2.26. The summed E-state index contributed by atoms with van der Waals surface area (Å²) < 4.78 is 2.09. The Morgan fingerprint density at radius 1 is 0.970 bits per heavy atom. The summed E-state index contributed by atoms with van der Waals surface area (Å²) in [5.74, 6) is 0.585. The van der Waals surface area contributed by atoms with Crippen molar-refractivity contribution in [2.75, 3.05) is 31.5 Å². The van der Waals surface area contributed by atoms with E-state index in [-0.39, 0.29) is 18.2 Å². The van der Waals surface area contributed by atoms with E-state index in [1.54, 1.807) is 0 Å². The molecule has 2 heterocycles. The minimum Gasteiger partial charge on any atom is -0.337 e. The molecule has 0 atom stereocenters. The van der Waals surface area contributed by atoms with Crippen molar-refractivity contribution in [2.45, 2.75) is 32.2 Å². The highest BCUT2D eigenvalue weighted by molar-refractivity contribution is 5.99. The molecular formula is C26H33N5O2. The Labute approximate surface area is 194 Å². The number of hydrogen-bond donors (Lipinski definition) is 3. The first-order chi connectivity index (χ1) is 16.1. The zero-order valence-electron chi connectivity index (χ0n) is 19.0. The van der Waals surface area contributed by atoms with Gasteiger partial charge in [-0.3, -0.25) is 9.59 Å². The third-order valence-electron chi connectivity index (χ3n) is 6.43. The lowest BCUT2D eigenvalue weighted by atomic mass is 9.93. The number of benzene rings is 2. The maximum atomic E-state index is 13.5. The number of rotatable bonds is 8. The van der Waals surface area contributed by atoms with Crippen LogP contribution in [-0.2, 0) is 11.3 Å². The van der Waals surface area contributed by atoms with Crippen molar-refractivity contribution in [1.29, 1.82) is 0 Å². The van der Waals surface area contributed by atoms with Crippen LogP contribution in [0.5, 0.6) is 0 Å². The van der Waals surface area contributed by atoms with Gasteiger partial charge in [-0.15, -0.1) is 0 Å². The van der Waals surface area contributed by atoms with Gasteiger partial charge in [-0.2, -0.15) is 0 Å². The number of anilines is 1. The van der Waals surface area contributed by atoms with Crippen molar-refractivity contribution in [3.8, 4) is 0 Å². The molecule has 4 rings (SSSR count). The van der Waals surface area contributed by atoms with Crippen LogP contribution in [0.3, 0.4) is 0 Å². The van der Waals surface area contributed by atoms with E-state index in [9.17, 15) is 9.59 Å². The molecule has 2 amide bonds. The van der Waals surface area contributed by atoms with Crippen LogP contribution in [0.1, 0.15) is 41.7 Å². The molecule has 1 saturated heterocycles. The van der Waals surface area contributed by atoms with Gasteiger partial charge in [0.2, 0.25) is 5.91 Å². The van der Waals surface area contributed by atoms with E-state index in [1.165, 1.54) is 0 Å². The molecule has 33 heavy (non-hydrogen) atoms. The van der Waals surface area contributed by atoms with Gasteiger partial charge in [0.1, 0.15) is 5.69 Å². The third-order valence-corrected chi connectivity index (χ3v) is 6.43. The first-order valence-electron chi connectivity index (χ1n) is 11.8. The Morgan fingerprint density at radius 2 is 1.76 bits per heavy atom. The van der Waals surface area contributed by atoms with Gasteiger partial charge in [-0.05, 0) is 61.6 Å². The van der Waals surface area contributed by atoms with E-state index in [0.29, 0.717) is 31.2 Å². The minimum atomic E-state index is -0.102. The normalized spacial score (nSPS) is 14.5. The SMILES string of the molecule is NCCC(=O)Nc1cccc(Cn2c(C(=O)N3CCC(CCN)CC3)cc3ccccc32)c1. The van der Waals surface area contributed by atoms with Crippen molar-refractivity contribution in [1.82, 2.24) is 9.47 Å². The highest BCUT2D eigenvalue weighted by atomic mass is 16.2. The van der Waals surface area contributed by atoms with Crippen LogP contribution in [0.4, 0.5) is 5.69 Å². The van der Waals surface area contributed by atoms with Gasteiger partial charge in [-0.1, -0.05) is 30.3 Å². The Morgan fingerprint density at radius 3 is 2.52 bits per heavy atom. The van der Waals surface area contributed by atoms with Crippen molar-refractivity contribution >= 4 is 28.4 Å². The summed E-state index contributed by atoms with van der Waals surface area (Å²) in [6.07, 6.45) is 3.33. The number of likely N-dealkylation sites (tertiary alicyclic amines) is 1. The maximum absolute atomic E-state index is 13.5. The second kappa shape index (κ2) is 10.6. The molecule has 1 aromatic heterocycles. The van der Waals surface area contributed by atoms with Crippen LogP contribution in [0.15, 0.2) is 54.6 Å². The average molecular weight is 448 g/mol. The molecule has 0 saturated carbocycles. The molecule has 0 unspecified atom stereocenters. The van der Waals surface area contributed by atoms with Gasteiger partial charge >= 0.3 is 0 Å². The highest BCUT2D eigenvalue weighted by Crippen LogP contribution is 2.26. The molecule has 0 aliphatic carbocycles.